The van der Waals surface area contributed by atoms with Gasteiger partial charge in [-0.15, -0.1) is 0 Å². The van der Waals surface area contributed by atoms with E-state index in [2.05, 4.69) is 26.7 Å². The topological polar surface area (TPSA) is 26.0 Å². The van der Waals surface area contributed by atoms with Crippen molar-refractivity contribution in [2.45, 2.75) is 44.6 Å². The second-order valence-electron chi connectivity index (χ2n) is 4.52. The van der Waals surface area contributed by atoms with E-state index < -0.39 is 0 Å². The molecule has 15 heavy (non-hydrogen) atoms. The van der Waals surface area contributed by atoms with E-state index in [0.717, 1.165) is 12.3 Å². The molecule has 1 nitrogen and oxygen atoms in total. The van der Waals surface area contributed by atoms with Gasteiger partial charge in [-0.25, -0.2) is 0 Å². The Balaban J connectivity index is 1.91. The maximum absolute atomic E-state index is 6.25. The van der Waals surface area contributed by atoms with Crippen molar-refractivity contribution in [3.8, 4) is 0 Å². The van der Waals surface area contributed by atoms with E-state index in [4.69, 9.17) is 5.73 Å². The summed E-state index contributed by atoms with van der Waals surface area (Å²) in [6, 6.07) is 0.230. The molecule has 0 amide bonds. The molecule has 0 saturated heterocycles. The summed E-state index contributed by atoms with van der Waals surface area (Å²) in [5.74, 6) is 0.862. The fourth-order valence-electron chi connectivity index (χ4n) is 2.46. The number of hydrogen-bond donors (Lipinski definition) is 1. The molecular weight excluding hydrogens is 270 g/mol. The molecule has 0 bridgehead atoms. The van der Waals surface area contributed by atoms with Crippen molar-refractivity contribution in [2.24, 2.45) is 11.7 Å². The molecule has 1 atom stereocenters. The lowest BCUT2D eigenvalue weighted by molar-refractivity contribution is 0.319. The smallest absolute Gasteiger partial charge is 0.0330 e. The fourth-order valence-corrected chi connectivity index (χ4v) is 4.12. The van der Waals surface area contributed by atoms with Crippen LogP contribution in [0.15, 0.2) is 15.2 Å². The van der Waals surface area contributed by atoms with Gasteiger partial charge in [0.05, 0.1) is 0 Å². The van der Waals surface area contributed by atoms with Gasteiger partial charge < -0.3 is 5.73 Å². The molecule has 3 heteroatoms. The van der Waals surface area contributed by atoms with Crippen molar-refractivity contribution in [1.82, 2.24) is 0 Å². The molecular formula is C12H18BrNS. The predicted molar refractivity (Wildman–Crippen MR) is 70.1 cm³/mol. The van der Waals surface area contributed by atoms with Gasteiger partial charge in [-0.2, -0.15) is 11.3 Å². The van der Waals surface area contributed by atoms with Crippen molar-refractivity contribution in [1.29, 1.82) is 0 Å². The van der Waals surface area contributed by atoms with E-state index in [-0.39, 0.29) is 6.04 Å². The van der Waals surface area contributed by atoms with Crippen LogP contribution in [0.3, 0.4) is 0 Å². The van der Waals surface area contributed by atoms with E-state index in [9.17, 15) is 0 Å². The van der Waals surface area contributed by atoms with E-state index in [1.165, 1.54) is 42.1 Å². The largest absolute Gasteiger partial charge is 0.324 e. The quantitative estimate of drug-likeness (QED) is 0.871. The molecule has 2 rings (SSSR count). The van der Waals surface area contributed by atoms with Crippen molar-refractivity contribution >= 4 is 27.3 Å². The predicted octanol–water partition coefficient (Wildman–Crippen LogP) is 4.48. The third kappa shape index (κ3) is 3.05. The Morgan fingerprint density at radius 1 is 1.33 bits per heavy atom. The van der Waals surface area contributed by atoms with Crippen molar-refractivity contribution in [3.05, 3.63) is 20.8 Å². The van der Waals surface area contributed by atoms with Crippen LogP contribution in [0.2, 0.25) is 0 Å². The van der Waals surface area contributed by atoms with Crippen LogP contribution in [0.1, 0.15) is 50.1 Å². The molecule has 0 aliphatic heterocycles. The lowest BCUT2D eigenvalue weighted by Gasteiger charge is -2.24. The summed E-state index contributed by atoms with van der Waals surface area (Å²) in [5.41, 5.74) is 7.54. The highest BCUT2D eigenvalue weighted by molar-refractivity contribution is 9.10. The summed E-state index contributed by atoms with van der Waals surface area (Å²) >= 11 is 5.29. The minimum absolute atomic E-state index is 0.230. The van der Waals surface area contributed by atoms with Crippen molar-refractivity contribution in [2.75, 3.05) is 0 Å². The summed E-state index contributed by atoms with van der Waals surface area (Å²) in [7, 11) is 0. The van der Waals surface area contributed by atoms with E-state index in [1.807, 2.05) is 0 Å². The Kier molecular flexibility index (Phi) is 4.23. The van der Waals surface area contributed by atoms with E-state index >= 15 is 0 Å². The van der Waals surface area contributed by atoms with Gasteiger partial charge in [-0.1, -0.05) is 32.1 Å². The molecule has 1 fully saturated rings. The first-order chi connectivity index (χ1) is 7.27. The normalized spacial score (nSPS) is 20.4. The zero-order valence-electron chi connectivity index (χ0n) is 8.92. The van der Waals surface area contributed by atoms with Crippen LogP contribution in [0.5, 0.6) is 0 Å². The molecule has 2 N–H and O–H groups in total. The van der Waals surface area contributed by atoms with Crippen LogP contribution in [0.25, 0.3) is 0 Å². The molecule has 1 aromatic rings. The van der Waals surface area contributed by atoms with Crippen LogP contribution in [0, 0.1) is 5.92 Å². The lowest BCUT2D eigenvalue weighted by atomic mass is 9.84. The van der Waals surface area contributed by atoms with Gasteiger partial charge in [0.1, 0.15) is 0 Å². The average molecular weight is 288 g/mol. The van der Waals surface area contributed by atoms with Crippen molar-refractivity contribution in [3.63, 3.8) is 0 Å². The molecule has 1 saturated carbocycles. The molecule has 1 aliphatic carbocycles. The Labute approximate surface area is 104 Å². The Bertz CT molecular complexity index is 304. The van der Waals surface area contributed by atoms with Gasteiger partial charge >= 0.3 is 0 Å². The minimum atomic E-state index is 0.230. The highest BCUT2D eigenvalue weighted by Crippen LogP contribution is 2.34. The first kappa shape index (κ1) is 11.6. The molecule has 1 aliphatic rings. The average Bonchev–Trinajstić information content (AvgIpc) is 2.66. The summed E-state index contributed by atoms with van der Waals surface area (Å²) in [4.78, 5) is 0. The Morgan fingerprint density at radius 2 is 2.07 bits per heavy atom. The SMILES string of the molecule is NC(CC1CCCCC1)c1cscc1Br. The third-order valence-electron chi connectivity index (χ3n) is 3.35. The number of hydrogen-bond acceptors (Lipinski definition) is 2. The minimum Gasteiger partial charge on any atom is -0.324 e. The summed E-state index contributed by atoms with van der Waals surface area (Å²) in [5, 5.41) is 4.30. The number of rotatable bonds is 3. The maximum Gasteiger partial charge on any atom is 0.0330 e. The molecule has 1 aromatic heterocycles. The Morgan fingerprint density at radius 3 is 2.67 bits per heavy atom. The van der Waals surface area contributed by atoms with Crippen LogP contribution >= 0.6 is 27.3 Å². The van der Waals surface area contributed by atoms with Crippen LogP contribution in [-0.2, 0) is 0 Å². The highest BCUT2D eigenvalue weighted by Gasteiger charge is 2.19. The molecule has 1 heterocycles. The van der Waals surface area contributed by atoms with Crippen LogP contribution < -0.4 is 5.73 Å². The highest BCUT2D eigenvalue weighted by atomic mass is 79.9. The second-order valence-corrected chi connectivity index (χ2v) is 6.12. The monoisotopic (exact) mass is 287 g/mol. The van der Waals surface area contributed by atoms with Crippen LogP contribution in [-0.4, -0.2) is 0 Å². The Hall–Kier alpha value is 0.140. The maximum atomic E-state index is 6.25. The van der Waals surface area contributed by atoms with Gasteiger partial charge in [-0.05, 0) is 39.2 Å². The van der Waals surface area contributed by atoms with E-state index in [0.29, 0.717) is 0 Å². The summed E-state index contributed by atoms with van der Waals surface area (Å²) in [6.45, 7) is 0. The zero-order valence-corrected chi connectivity index (χ0v) is 11.3. The zero-order chi connectivity index (χ0) is 10.7. The lowest BCUT2D eigenvalue weighted by Crippen LogP contribution is -2.17. The molecule has 0 radical (unpaired) electrons. The summed E-state index contributed by atoms with van der Waals surface area (Å²) < 4.78 is 1.19. The fraction of sp³-hybridized carbons (Fsp3) is 0.667. The van der Waals surface area contributed by atoms with Gasteiger partial charge in [-0.3, -0.25) is 0 Å². The molecule has 1 unspecified atom stereocenters. The molecule has 84 valence electrons. The molecule has 0 spiro atoms. The van der Waals surface area contributed by atoms with Gasteiger partial charge in [0.15, 0.2) is 0 Å². The summed E-state index contributed by atoms with van der Waals surface area (Å²) in [6.07, 6.45) is 8.17. The second kappa shape index (κ2) is 5.46. The van der Waals surface area contributed by atoms with E-state index in [1.54, 1.807) is 11.3 Å². The number of nitrogens with two attached hydrogens (primary N) is 1. The van der Waals surface area contributed by atoms with Gasteiger partial charge in [0.25, 0.3) is 0 Å². The molecule has 0 aromatic carbocycles. The number of halogens is 1. The van der Waals surface area contributed by atoms with Crippen molar-refractivity contribution < 1.29 is 0 Å². The van der Waals surface area contributed by atoms with Gasteiger partial charge in [0.2, 0.25) is 0 Å². The van der Waals surface area contributed by atoms with Crippen LogP contribution in [0.4, 0.5) is 0 Å². The third-order valence-corrected chi connectivity index (χ3v) is 5.11. The first-order valence-corrected chi connectivity index (χ1v) is 7.48. The van der Waals surface area contributed by atoms with Gasteiger partial charge in [0, 0.05) is 15.9 Å². The standard InChI is InChI=1S/C12H18BrNS/c13-11-8-15-7-10(11)12(14)6-9-4-2-1-3-5-9/h7-9,12H,1-6,14H2. The first-order valence-electron chi connectivity index (χ1n) is 5.74. The number of thiophene rings is 1.